The third kappa shape index (κ3) is 8.71. The van der Waals surface area contributed by atoms with Crippen LogP contribution in [0.15, 0.2) is 48.5 Å². The topological polar surface area (TPSA) is 158 Å². The van der Waals surface area contributed by atoms with Gasteiger partial charge in [0.2, 0.25) is 11.8 Å². The molecule has 0 aromatic heterocycles. The second-order valence-corrected chi connectivity index (χ2v) is 17.0. The summed E-state index contributed by atoms with van der Waals surface area (Å²) in [5.74, 6) is -0.366. The lowest BCUT2D eigenvalue weighted by atomic mass is 9.95. The Kier molecular flexibility index (Phi) is 11.6. The summed E-state index contributed by atoms with van der Waals surface area (Å²) in [7, 11) is 0. The summed E-state index contributed by atoms with van der Waals surface area (Å²) in [6.45, 7) is 11.4. The molecule has 0 aliphatic carbocycles. The number of aromatic hydroxyl groups is 2. The van der Waals surface area contributed by atoms with E-state index in [1.807, 2.05) is 0 Å². The largest absolute Gasteiger partial charge is 0.507 e. The van der Waals surface area contributed by atoms with Gasteiger partial charge in [-0.25, -0.2) is 9.59 Å². The first-order chi connectivity index (χ1) is 26.4. The maximum absolute atomic E-state index is 13.0. The van der Waals surface area contributed by atoms with E-state index in [2.05, 4.69) is 10.6 Å². The maximum Gasteiger partial charge on any atom is 0.414 e. The van der Waals surface area contributed by atoms with Crippen LogP contribution in [0.5, 0.6) is 11.5 Å². The quantitative estimate of drug-likeness (QED) is 0.0962. The molecule has 0 spiro atoms. The van der Waals surface area contributed by atoms with Crippen molar-refractivity contribution < 1.29 is 38.9 Å². The first kappa shape index (κ1) is 40.7. The number of ether oxygens (including phenoxy) is 2. The predicted octanol–water partition coefficient (Wildman–Crippen LogP) is 9.70. The van der Waals surface area contributed by atoms with Crippen molar-refractivity contribution in [1.82, 2.24) is 0 Å². The first-order valence-electron chi connectivity index (χ1n) is 18.7. The summed E-state index contributed by atoms with van der Waals surface area (Å²) in [6.07, 6.45) is 0.249. The molecule has 4 aromatic rings. The summed E-state index contributed by atoms with van der Waals surface area (Å²) in [5, 5.41) is 30.3. The van der Waals surface area contributed by atoms with Gasteiger partial charge in [0.15, 0.2) is 0 Å². The molecule has 2 unspecified atom stereocenters. The minimum Gasteiger partial charge on any atom is -0.507 e. The number of amides is 4. The number of phenols is 2. The number of alkyl halides is 2. The Labute approximate surface area is 336 Å². The van der Waals surface area contributed by atoms with Crippen molar-refractivity contribution in [3.05, 3.63) is 59.7 Å². The van der Waals surface area contributed by atoms with Gasteiger partial charge >= 0.3 is 12.2 Å². The van der Waals surface area contributed by atoms with E-state index in [1.165, 1.54) is 21.9 Å². The zero-order valence-corrected chi connectivity index (χ0v) is 33.9. The second-order valence-electron chi connectivity index (χ2n) is 16.4. The molecule has 12 nitrogen and oxygen atoms in total. The molecule has 298 valence electrons. The van der Waals surface area contributed by atoms with Gasteiger partial charge in [0.1, 0.15) is 22.7 Å². The summed E-state index contributed by atoms with van der Waals surface area (Å²) in [4.78, 5) is 54.7. The highest BCUT2D eigenvalue weighted by molar-refractivity contribution is 6.19. The van der Waals surface area contributed by atoms with Crippen molar-refractivity contribution in [2.24, 2.45) is 0 Å². The summed E-state index contributed by atoms with van der Waals surface area (Å²) in [5.41, 5.74) is 2.40. The lowest BCUT2D eigenvalue weighted by Crippen LogP contribution is -2.36. The van der Waals surface area contributed by atoms with Gasteiger partial charge in [0, 0.05) is 83.8 Å². The number of anilines is 4. The molecule has 2 aliphatic heterocycles. The van der Waals surface area contributed by atoms with E-state index in [1.54, 1.807) is 77.9 Å². The fourth-order valence-corrected chi connectivity index (χ4v) is 7.86. The predicted molar refractivity (Wildman–Crippen MR) is 221 cm³/mol. The van der Waals surface area contributed by atoms with E-state index < -0.39 is 23.4 Å². The maximum atomic E-state index is 13.0. The van der Waals surface area contributed by atoms with Crippen molar-refractivity contribution in [3.63, 3.8) is 0 Å². The minimum absolute atomic E-state index is 0.0422. The van der Waals surface area contributed by atoms with Crippen molar-refractivity contribution in [2.45, 2.75) is 90.3 Å². The summed E-state index contributed by atoms with van der Waals surface area (Å²) >= 11 is 12.7. The molecule has 0 fully saturated rings. The molecule has 4 N–H and O–H groups in total. The molecule has 14 heteroatoms. The molecular formula is C42H48Cl2N4O8. The van der Waals surface area contributed by atoms with Gasteiger partial charge in [-0.3, -0.25) is 19.4 Å². The van der Waals surface area contributed by atoms with Crippen LogP contribution in [-0.4, -0.2) is 70.3 Å². The zero-order chi connectivity index (χ0) is 40.7. The number of phenolic OH excluding ortho intramolecular Hbond substituents is 2. The molecule has 2 aliphatic rings. The van der Waals surface area contributed by atoms with Crippen molar-refractivity contribution in [3.8, 4) is 11.5 Å². The Morgan fingerprint density at radius 1 is 0.643 bits per heavy atom. The first-order valence-corrected chi connectivity index (χ1v) is 19.8. The lowest BCUT2D eigenvalue weighted by molar-refractivity contribution is -0.118. The Hall–Kier alpha value is -4.94. The number of rotatable bonds is 9. The van der Waals surface area contributed by atoms with E-state index in [9.17, 15) is 29.4 Å². The number of carbonyl (C=O) groups is 4. The Bertz CT molecular complexity index is 2060. The number of nitrogens with one attached hydrogen (secondary N) is 2. The van der Waals surface area contributed by atoms with E-state index in [4.69, 9.17) is 32.7 Å². The van der Waals surface area contributed by atoms with Crippen LogP contribution in [0.4, 0.5) is 32.3 Å². The standard InChI is InChI=1S/C42H48Cl2N4O8/c1-41(2,3)55-39(53)47-21-23(19-43)37-27-13-11-25(15-29(27)33(49)17-31(37)47)45-35(51)9-7-8-10-36(52)46-26-12-14-28-30(16-26)34(50)18-32-38(28)24(20-44)22-48(32)40(54)56-42(4,5)6/h11-18,23-24,49-50H,7-10,19-22H2,1-6H3,(H,45,51)(H,46,52). The van der Waals surface area contributed by atoms with Crippen LogP contribution < -0.4 is 20.4 Å². The molecule has 0 bridgehead atoms. The highest BCUT2D eigenvalue weighted by Crippen LogP contribution is 2.48. The number of hydrogen-bond acceptors (Lipinski definition) is 8. The third-order valence-electron chi connectivity index (χ3n) is 9.70. The highest BCUT2D eigenvalue weighted by atomic mass is 35.5. The SMILES string of the molecule is CC(C)(C)OC(=O)N1CC(CCl)c2c1cc(O)c1cc(NC(=O)CCCCC(=O)Nc3ccc4c5c(cc(O)c4c3)N(C(=O)OC(C)(C)C)CC5CCl)ccc21. The van der Waals surface area contributed by atoms with Gasteiger partial charge in [0.25, 0.3) is 0 Å². The van der Waals surface area contributed by atoms with Crippen LogP contribution in [0.25, 0.3) is 21.5 Å². The normalized spacial score (nSPS) is 16.5. The number of hydrogen-bond donors (Lipinski definition) is 4. The van der Waals surface area contributed by atoms with Gasteiger partial charge < -0.3 is 30.3 Å². The van der Waals surface area contributed by atoms with Crippen LogP contribution in [-0.2, 0) is 19.1 Å². The van der Waals surface area contributed by atoms with Gasteiger partial charge in [-0.15, -0.1) is 23.2 Å². The van der Waals surface area contributed by atoms with Crippen LogP contribution in [0.3, 0.4) is 0 Å². The number of carbonyl (C=O) groups excluding carboxylic acids is 4. The fraction of sp³-hybridized carbons (Fsp3) is 0.429. The molecule has 0 radical (unpaired) electrons. The van der Waals surface area contributed by atoms with Gasteiger partial charge in [-0.05, 0) is 101 Å². The van der Waals surface area contributed by atoms with Crippen LogP contribution >= 0.6 is 23.2 Å². The number of nitrogens with zero attached hydrogens (tertiary/aromatic N) is 2. The average molecular weight is 808 g/mol. The van der Waals surface area contributed by atoms with Gasteiger partial charge in [-0.1, -0.05) is 12.1 Å². The molecule has 2 heterocycles. The number of halogens is 2. The zero-order valence-electron chi connectivity index (χ0n) is 32.4. The molecule has 4 aromatic carbocycles. The average Bonchev–Trinajstić information content (AvgIpc) is 3.67. The third-order valence-corrected chi connectivity index (χ3v) is 10.4. The molecule has 2 atom stereocenters. The van der Waals surface area contributed by atoms with Crippen LogP contribution in [0, 0.1) is 0 Å². The van der Waals surface area contributed by atoms with Gasteiger partial charge in [0.05, 0.1) is 11.4 Å². The fourth-order valence-electron chi connectivity index (χ4n) is 7.36. The van der Waals surface area contributed by atoms with E-state index in [0.29, 0.717) is 59.5 Å². The smallest absolute Gasteiger partial charge is 0.414 e. The Morgan fingerprint density at radius 3 is 1.36 bits per heavy atom. The van der Waals surface area contributed by atoms with Crippen molar-refractivity contribution >= 4 is 91.5 Å². The minimum atomic E-state index is -0.688. The molecule has 0 saturated heterocycles. The van der Waals surface area contributed by atoms with E-state index in [-0.39, 0.29) is 59.8 Å². The van der Waals surface area contributed by atoms with Crippen LogP contribution in [0.1, 0.15) is 90.2 Å². The number of benzene rings is 4. The Morgan fingerprint density at radius 2 is 1.02 bits per heavy atom. The molecule has 6 rings (SSSR count). The summed E-state index contributed by atoms with van der Waals surface area (Å²) in [6, 6.07) is 13.6. The van der Waals surface area contributed by atoms with E-state index in [0.717, 1.165) is 21.9 Å². The number of unbranched alkanes of at least 4 members (excludes halogenated alkanes) is 1. The van der Waals surface area contributed by atoms with Crippen LogP contribution in [0.2, 0.25) is 0 Å². The number of fused-ring (bicyclic) bond motifs is 6. The van der Waals surface area contributed by atoms with Crippen molar-refractivity contribution in [2.75, 3.05) is 45.3 Å². The monoisotopic (exact) mass is 806 g/mol. The highest BCUT2D eigenvalue weighted by Gasteiger charge is 2.38. The van der Waals surface area contributed by atoms with Crippen molar-refractivity contribution in [1.29, 1.82) is 0 Å². The lowest BCUT2D eigenvalue weighted by Gasteiger charge is -2.25. The van der Waals surface area contributed by atoms with E-state index >= 15 is 0 Å². The Balaban J connectivity index is 1.05. The summed E-state index contributed by atoms with van der Waals surface area (Å²) < 4.78 is 11.2. The molecule has 56 heavy (non-hydrogen) atoms. The molecule has 4 amide bonds. The second kappa shape index (κ2) is 15.9. The van der Waals surface area contributed by atoms with Gasteiger partial charge in [-0.2, -0.15) is 0 Å². The molecule has 0 saturated carbocycles. The molecular weight excluding hydrogens is 759 g/mol.